The summed E-state index contributed by atoms with van der Waals surface area (Å²) in [5, 5.41) is 2.83. The number of hydrogen-bond acceptors (Lipinski definition) is 3. The Morgan fingerprint density at radius 1 is 0.923 bits per heavy atom. The Hall–Kier alpha value is -2.49. The summed E-state index contributed by atoms with van der Waals surface area (Å²) in [4.78, 5) is 12.0. The van der Waals surface area contributed by atoms with Crippen LogP contribution in [-0.2, 0) is 4.79 Å². The Labute approximate surface area is 155 Å². The summed E-state index contributed by atoms with van der Waals surface area (Å²) >= 11 is 0. The third-order valence-corrected chi connectivity index (χ3v) is 4.78. The number of benzene rings is 2. The molecule has 1 aliphatic rings. The molecule has 0 atom stereocenters. The predicted octanol–water partition coefficient (Wildman–Crippen LogP) is 5.15. The number of nitrogens with one attached hydrogen (secondary N) is 1. The van der Waals surface area contributed by atoms with E-state index in [1.54, 1.807) is 0 Å². The molecule has 2 aromatic carbocycles. The molecule has 0 heterocycles. The smallest absolute Gasteiger partial charge is 0.262 e. The fourth-order valence-electron chi connectivity index (χ4n) is 3.42. The highest BCUT2D eigenvalue weighted by atomic mass is 16.5. The van der Waals surface area contributed by atoms with E-state index in [-0.39, 0.29) is 12.5 Å². The van der Waals surface area contributed by atoms with E-state index in [2.05, 4.69) is 17.4 Å². The molecule has 1 N–H and O–H groups in total. The summed E-state index contributed by atoms with van der Waals surface area (Å²) in [6.45, 7) is 2.56. The molecule has 0 bridgehead atoms. The van der Waals surface area contributed by atoms with Crippen LogP contribution in [0.5, 0.6) is 11.5 Å². The first-order valence-corrected chi connectivity index (χ1v) is 9.50. The number of carbonyl (C=O) groups excluding carboxylic acids is 1. The lowest BCUT2D eigenvalue weighted by molar-refractivity contribution is -0.118. The molecule has 1 aliphatic carbocycles. The molecule has 1 fully saturated rings. The van der Waals surface area contributed by atoms with E-state index < -0.39 is 0 Å². The first-order chi connectivity index (χ1) is 12.7. The summed E-state index contributed by atoms with van der Waals surface area (Å²) in [6.07, 6.45) is 6.58. The van der Waals surface area contributed by atoms with Crippen LogP contribution in [0.2, 0.25) is 0 Å². The highest BCUT2D eigenvalue weighted by molar-refractivity contribution is 5.91. The number of hydrogen-bond donors (Lipinski definition) is 1. The van der Waals surface area contributed by atoms with Crippen molar-refractivity contribution >= 4 is 11.6 Å². The van der Waals surface area contributed by atoms with Crippen LogP contribution in [0.15, 0.2) is 48.5 Å². The lowest BCUT2D eigenvalue weighted by atomic mass is 9.84. The van der Waals surface area contributed by atoms with E-state index in [9.17, 15) is 4.79 Å². The zero-order valence-corrected chi connectivity index (χ0v) is 15.4. The Bertz CT molecular complexity index is 688. The van der Waals surface area contributed by atoms with Crippen molar-refractivity contribution in [1.82, 2.24) is 0 Å². The number of ether oxygens (including phenoxy) is 2. The molecule has 26 heavy (non-hydrogen) atoms. The van der Waals surface area contributed by atoms with Gasteiger partial charge in [0.15, 0.2) is 6.61 Å². The summed E-state index contributed by atoms with van der Waals surface area (Å²) in [6, 6.07) is 15.5. The van der Waals surface area contributed by atoms with Crippen molar-refractivity contribution in [3.8, 4) is 11.5 Å². The second-order valence-electron chi connectivity index (χ2n) is 6.70. The van der Waals surface area contributed by atoms with Crippen molar-refractivity contribution < 1.29 is 14.3 Å². The minimum atomic E-state index is -0.175. The van der Waals surface area contributed by atoms with Crippen molar-refractivity contribution in [3.63, 3.8) is 0 Å². The van der Waals surface area contributed by atoms with Gasteiger partial charge in [-0.05, 0) is 67.6 Å². The van der Waals surface area contributed by atoms with E-state index in [1.807, 2.05) is 43.3 Å². The Balaban J connectivity index is 1.46. The maximum absolute atomic E-state index is 12.0. The molecule has 0 unspecified atom stereocenters. The molecule has 0 aromatic heterocycles. The number of anilines is 1. The third-order valence-electron chi connectivity index (χ3n) is 4.78. The second-order valence-corrected chi connectivity index (χ2v) is 6.70. The lowest BCUT2D eigenvalue weighted by Crippen LogP contribution is -2.20. The molecule has 0 radical (unpaired) electrons. The minimum Gasteiger partial charge on any atom is -0.494 e. The van der Waals surface area contributed by atoms with Gasteiger partial charge in [-0.15, -0.1) is 0 Å². The van der Waals surface area contributed by atoms with Crippen LogP contribution < -0.4 is 14.8 Å². The van der Waals surface area contributed by atoms with Gasteiger partial charge in [0, 0.05) is 5.69 Å². The van der Waals surface area contributed by atoms with Crippen molar-refractivity contribution in [3.05, 3.63) is 54.1 Å². The van der Waals surface area contributed by atoms with Gasteiger partial charge in [0.05, 0.1) is 6.61 Å². The summed E-state index contributed by atoms with van der Waals surface area (Å²) < 4.78 is 11.0. The normalized spacial score (nSPS) is 14.7. The van der Waals surface area contributed by atoms with Gasteiger partial charge in [-0.2, -0.15) is 0 Å². The van der Waals surface area contributed by atoms with E-state index in [1.165, 1.54) is 37.7 Å². The summed E-state index contributed by atoms with van der Waals surface area (Å²) in [5.41, 5.74) is 2.12. The Kier molecular flexibility index (Phi) is 6.53. The number of rotatable bonds is 7. The van der Waals surface area contributed by atoms with Gasteiger partial charge in [-0.1, -0.05) is 31.4 Å². The molecule has 4 nitrogen and oxygen atoms in total. The van der Waals surface area contributed by atoms with Crippen LogP contribution in [-0.4, -0.2) is 19.1 Å². The molecule has 2 aromatic rings. The summed E-state index contributed by atoms with van der Waals surface area (Å²) in [5.74, 6) is 2.03. The largest absolute Gasteiger partial charge is 0.494 e. The SMILES string of the molecule is CCOc1ccc(NC(=O)COc2ccc(C3CCCCC3)cc2)cc1. The van der Waals surface area contributed by atoms with Crippen molar-refractivity contribution in [2.75, 3.05) is 18.5 Å². The lowest BCUT2D eigenvalue weighted by Gasteiger charge is -2.22. The van der Waals surface area contributed by atoms with Crippen molar-refractivity contribution in [2.24, 2.45) is 0 Å². The van der Waals surface area contributed by atoms with Gasteiger partial charge in [0.2, 0.25) is 0 Å². The van der Waals surface area contributed by atoms with Gasteiger partial charge in [-0.3, -0.25) is 4.79 Å². The van der Waals surface area contributed by atoms with Crippen LogP contribution in [0, 0.1) is 0 Å². The molecule has 0 aliphatic heterocycles. The molecule has 138 valence electrons. The van der Waals surface area contributed by atoms with Crippen LogP contribution in [0.25, 0.3) is 0 Å². The van der Waals surface area contributed by atoms with Gasteiger partial charge >= 0.3 is 0 Å². The molecular weight excluding hydrogens is 326 g/mol. The average molecular weight is 353 g/mol. The van der Waals surface area contributed by atoms with Gasteiger partial charge in [-0.25, -0.2) is 0 Å². The Morgan fingerprint density at radius 2 is 1.54 bits per heavy atom. The molecule has 3 rings (SSSR count). The van der Waals surface area contributed by atoms with E-state index in [4.69, 9.17) is 9.47 Å². The van der Waals surface area contributed by atoms with Crippen molar-refractivity contribution in [2.45, 2.75) is 44.9 Å². The molecule has 1 amide bonds. The molecule has 4 heteroatoms. The number of carbonyl (C=O) groups is 1. The van der Waals surface area contributed by atoms with Crippen molar-refractivity contribution in [1.29, 1.82) is 0 Å². The third kappa shape index (κ3) is 5.25. The highest BCUT2D eigenvalue weighted by Crippen LogP contribution is 2.33. The van der Waals surface area contributed by atoms with Gasteiger partial charge in [0.25, 0.3) is 5.91 Å². The average Bonchev–Trinajstić information content (AvgIpc) is 2.69. The van der Waals surface area contributed by atoms with Crippen LogP contribution in [0.1, 0.15) is 50.5 Å². The molecule has 0 spiro atoms. The summed E-state index contributed by atoms with van der Waals surface area (Å²) in [7, 11) is 0. The number of amides is 1. The zero-order valence-electron chi connectivity index (χ0n) is 15.4. The first kappa shape index (κ1) is 18.3. The van der Waals surface area contributed by atoms with Gasteiger partial charge < -0.3 is 14.8 Å². The topological polar surface area (TPSA) is 47.6 Å². The molecule has 1 saturated carbocycles. The highest BCUT2D eigenvalue weighted by Gasteiger charge is 2.15. The van der Waals surface area contributed by atoms with Gasteiger partial charge in [0.1, 0.15) is 11.5 Å². The zero-order chi connectivity index (χ0) is 18.2. The fraction of sp³-hybridized carbons (Fsp3) is 0.409. The minimum absolute atomic E-state index is 0.00398. The maximum Gasteiger partial charge on any atom is 0.262 e. The monoisotopic (exact) mass is 353 g/mol. The van der Waals surface area contributed by atoms with E-state index in [0.29, 0.717) is 12.5 Å². The predicted molar refractivity (Wildman–Crippen MR) is 104 cm³/mol. The van der Waals surface area contributed by atoms with E-state index >= 15 is 0 Å². The van der Waals surface area contributed by atoms with Crippen LogP contribution in [0.4, 0.5) is 5.69 Å². The first-order valence-electron chi connectivity index (χ1n) is 9.50. The fourth-order valence-corrected chi connectivity index (χ4v) is 3.42. The second kappa shape index (κ2) is 9.27. The Morgan fingerprint density at radius 3 is 2.19 bits per heavy atom. The van der Waals surface area contributed by atoms with E-state index in [0.717, 1.165) is 17.2 Å². The quantitative estimate of drug-likeness (QED) is 0.749. The van der Waals surface area contributed by atoms with Crippen LogP contribution >= 0.6 is 0 Å². The molecule has 0 saturated heterocycles. The maximum atomic E-state index is 12.0. The van der Waals surface area contributed by atoms with Crippen LogP contribution in [0.3, 0.4) is 0 Å². The molecular formula is C22H27NO3. The standard InChI is InChI=1S/C22H27NO3/c1-2-25-20-14-10-19(11-15-20)23-22(24)16-26-21-12-8-18(9-13-21)17-6-4-3-5-7-17/h8-15,17H,2-7,16H2,1H3,(H,23,24).